The Bertz CT molecular complexity index is 5240. The van der Waals surface area contributed by atoms with Crippen LogP contribution in [0, 0.1) is 59.7 Å². The lowest BCUT2D eigenvalue weighted by molar-refractivity contribution is -0.288. The smallest absolute Gasteiger partial charge is 0.410 e. The minimum Gasteiger partial charge on any atom is -0.467 e. The highest BCUT2D eigenvalue weighted by molar-refractivity contribution is 5.95. The number of hydrogen-bond acceptors (Lipinski definition) is 31. The Balaban J connectivity index is 1.16. The Morgan fingerprint density at radius 2 is 0.907 bits per heavy atom. The Morgan fingerprint density at radius 1 is 0.487 bits per heavy atom. The predicted molar refractivity (Wildman–Crippen MR) is 548 cm³/mol. The first-order chi connectivity index (χ1) is 70.9. The largest absolute Gasteiger partial charge is 0.467 e. The van der Waals surface area contributed by atoms with Gasteiger partial charge in [-0.3, -0.25) is 67.3 Å². The molecule has 7 rings (SSSR count). The molecule has 3 aliphatic rings. The Morgan fingerprint density at radius 3 is 1.29 bits per heavy atom. The average Bonchev–Trinajstić information content (AvgIpc) is 1.46. The molecule has 24 atom stereocenters. The van der Waals surface area contributed by atoms with Gasteiger partial charge >= 0.3 is 48.0 Å². The van der Waals surface area contributed by atoms with Crippen molar-refractivity contribution in [1.82, 2.24) is 50.7 Å². The Hall–Kier alpha value is -12.5. The van der Waals surface area contributed by atoms with Crippen molar-refractivity contribution in [2.24, 2.45) is 47.3 Å². The van der Waals surface area contributed by atoms with Gasteiger partial charge in [-0.25, -0.2) is 19.2 Å². The van der Waals surface area contributed by atoms with E-state index in [4.69, 9.17) is 77.2 Å². The second kappa shape index (κ2) is 58.8. The highest BCUT2D eigenvalue weighted by Crippen LogP contribution is 2.42. The molecule has 1 aromatic heterocycles. The van der Waals surface area contributed by atoms with E-state index < -0.39 is 260 Å². The number of esters is 6. The molecule has 0 aliphatic carbocycles. The van der Waals surface area contributed by atoms with Crippen molar-refractivity contribution in [2.45, 2.75) is 324 Å². The standard InChI is InChI=1S/C109H160N10O31/c1-30-41-80(150-109(135)117(23)90(62(10)11)102(129)113-88(60(6)7)104(131)115(21)92(64(13)32-3)83(137-25)56-86(125)119-51-40-47-79(119)94(139-27)66(15)100(127)111-77(106(133)141-29)53-72-44-37-34-38-45-72)74-48-49-81(148-107-98(146-70(19)123)97(145-69(18)122)96(144-68(17)121)84(149-107)58-142-67(16)120)75-54-73(147-95(74)75)57-143-108(134)116(22)89(61(8)9)101(128)112-87(59(4)5)103(130)114(20)91(63(12)31-2)82(136-24)55-85(124)118-50-39-46-78(118)93(138-26)65(14)99(126)110-76(105(132)140-28)52-71-42-35-33-36-43-71/h1,33-38,42-45,48-49,54,59-66,76-80,82-84,87-94,96-98,107H,31-32,39-41,46-47,50-53,55-58H2,2-29H3,(H,110,126)(H,111,127)(H,112,128)(H,113,129)/t63?,64?,65-,66-,76?,77?,78+,79+,80?,82-,83-,84-,87+,88+,89+,90+,91+,92+,93-,94-,96+,97+,98-,107-/m1/s1. The van der Waals surface area contributed by atoms with Gasteiger partial charge in [0.25, 0.3) is 0 Å². The van der Waals surface area contributed by atoms with E-state index in [-0.39, 0.29) is 77.4 Å². The summed E-state index contributed by atoms with van der Waals surface area (Å²) in [5.74, 6) is -11.7. The van der Waals surface area contributed by atoms with Crippen molar-refractivity contribution in [1.29, 1.82) is 0 Å². The lowest BCUT2D eigenvalue weighted by Gasteiger charge is -2.44. The van der Waals surface area contributed by atoms with Crippen molar-refractivity contribution in [3.05, 3.63) is 101 Å². The molecule has 3 aromatic carbocycles. The average molecular weight is 2110 g/mol. The SMILES string of the molecule is C#CCC(OC(=O)N(C)[C@H](C(=O)N[C@H](C(=O)N(C)[C@@H](C(C)CC)[C@@H](CC(=O)N1CCC[C@H]1[C@H](OC)[C@@H](C)C(=O)NC(Cc1ccccc1)C(=O)OC)OC)C(C)C)C(C)C)c1ccc(O[C@@H]2O[C@H](COC(C)=O)[C@H](OC(C)=O)[C@H](OC(C)=O)[C@H]2OC(C)=O)c2cc(COC(=O)N(C)[C@H](C(=O)N[C@H](C(=O)N(C)[C@@H](C(C)CC)[C@@H](CC(=O)N3CCC[C@H]3[C@H](OC)[C@@H](C)C(=O)NC(Cc3ccccc3)C(=O)OC)OC)C(C)C)C(C)C)oc12. The van der Waals surface area contributed by atoms with Crippen LogP contribution in [0.25, 0.3) is 11.0 Å². The van der Waals surface area contributed by atoms with E-state index in [1.54, 1.807) is 93.1 Å². The lowest BCUT2D eigenvalue weighted by atomic mass is 9.89. The molecule has 3 saturated heterocycles. The van der Waals surface area contributed by atoms with E-state index in [0.717, 1.165) is 48.6 Å². The van der Waals surface area contributed by atoms with Crippen LogP contribution in [-0.2, 0) is 148 Å². The normalized spacial score (nSPS) is 20.0. The second-order valence-electron chi connectivity index (χ2n) is 40.4. The van der Waals surface area contributed by atoms with E-state index in [0.29, 0.717) is 51.6 Å². The fourth-order valence-electron chi connectivity index (χ4n) is 20.4. The number of rotatable bonds is 54. The number of methoxy groups -OCH3 is 6. The van der Waals surface area contributed by atoms with Crippen LogP contribution in [0.1, 0.15) is 211 Å². The second-order valence-corrected chi connectivity index (χ2v) is 40.4. The summed E-state index contributed by atoms with van der Waals surface area (Å²) in [6.07, 6.45) is -6.66. The number of likely N-dealkylation sites (tertiary alicyclic amines) is 2. The number of nitrogens with zero attached hydrogens (tertiary/aromatic N) is 6. The molecular weight excluding hydrogens is 1950 g/mol. The maximum atomic E-state index is 15.4. The van der Waals surface area contributed by atoms with Crippen LogP contribution in [0.3, 0.4) is 0 Å². The molecule has 150 heavy (non-hydrogen) atoms. The zero-order valence-electron chi connectivity index (χ0n) is 92.2. The first-order valence-corrected chi connectivity index (χ1v) is 51.4. The third-order valence-corrected chi connectivity index (χ3v) is 28.5. The molecule has 41 heteroatoms. The number of furan rings is 1. The zero-order valence-corrected chi connectivity index (χ0v) is 92.2. The van der Waals surface area contributed by atoms with E-state index >= 15 is 24.0 Å². The van der Waals surface area contributed by atoms with Crippen LogP contribution in [0.5, 0.6) is 5.75 Å². The number of amides is 10. The first kappa shape index (κ1) is 124. The third-order valence-electron chi connectivity index (χ3n) is 28.5. The maximum absolute atomic E-state index is 15.4. The molecule has 4 heterocycles. The molecule has 3 aliphatic heterocycles. The third kappa shape index (κ3) is 32.8. The number of ether oxygens (including phenoxy) is 14. The Kier molecular flexibility index (Phi) is 48.7. The molecule has 0 saturated carbocycles. The van der Waals surface area contributed by atoms with Gasteiger partial charge in [0, 0.05) is 116 Å². The number of benzene rings is 3. The van der Waals surface area contributed by atoms with Gasteiger partial charge in [-0.05, 0) is 90.5 Å². The molecule has 0 spiro atoms. The maximum Gasteiger partial charge on any atom is 0.410 e. The van der Waals surface area contributed by atoms with Gasteiger partial charge in [-0.1, -0.05) is 170 Å². The molecule has 832 valence electrons. The number of likely N-dealkylation sites (N-methyl/N-ethyl adjacent to an activating group) is 4. The number of nitrogens with one attached hydrogen (secondary N) is 4. The summed E-state index contributed by atoms with van der Waals surface area (Å²) in [5.41, 5.74) is 1.47. The summed E-state index contributed by atoms with van der Waals surface area (Å²) >= 11 is 0. The fourth-order valence-corrected chi connectivity index (χ4v) is 20.4. The van der Waals surface area contributed by atoms with Gasteiger partial charge in [0.2, 0.25) is 59.7 Å². The molecule has 0 bridgehead atoms. The molecule has 0 radical (unpaired) electrons. The molecule has 3 fully saturated rings. The lowest BCUT2D eigenvalue weighted by Crippen LogP contribution is -2.63. The highest BCUT2D eigenvalue weighted by Gasteiger charge is 2.55. The van der Waals surface area contributed by atoms with Crippen LogP contribution in [0.2, 0.25) is 0 Å². The van der Waals surface area contributed by atoms with E-state index in [1.165, 1.54) is 84.8 Å². The van der Waals surface area contributed by atoms with Crippen LogP contribution in [-0.4, -0.2) is 331 Å². The highest BCUT2D eigenvalue weighted by atomic mass is 16.7. The summed E-state index contributed by atoms with van der Waals surface area (Å²) in [7, 11) is 14.1. The number of terminal acetylenes is 1. The van der Waals surface area contributed by atoms with E-state index in [2.05, 4.69) is 27.2 Å². The van der Waals surface area contributed by atoms with Crippen molar-refractivity contribution in [2.75, 3.05) is 90.5 Å². The number of hydrogen-bond donors (Lipinski definition) is 4. The van der Waals surface area contributed by atoms with Crippen molar-refractivity contribution in [3.8, 4) is 18.1 Å². The molecule has 4 N–H and O–H groups in total. The minimum absolute atomic E-state index is 0.0134. The van der Waals surface area contributed by atoms with Gasteiger partial charge in [-0.15, -0.1) is 12.3 Å². The van der Waals surface area contributed by atoms with Crippen LogP contribution in [0.4, 0.5) is 9.59 Å². The van der Waals surface area contributed by atoms with Crippen molar-refractivity contribution < 1.29 is 147 Å². The summed E-state index contributed by atoms with van der Waals surface area (Å²) < 4.78 is 88.9. The van der Waals surface area contributed by atoms with E-state index in [1.807, 2.05) is 88.4 Å². The van der Waals surface area contributed by atoms with Crippen molar-refractivity contribution in [3.63, 3.8) is 0 Å². The predicted octanol–water partition coefficient (Wildman–Crippen LogP) is 9.57. The van der Waals surface area contributed by atoms with E-state index in [9.17, 15) is 52.7 Å². The minimum atomic E-state index is -1.84. The molecule has 41 nitrogen and oxygen atoms in total. The molecule has 5 unspecified atom stereocenters. The first-order valence-electron chi connectivity index (χ1n) is 51.4. The zero-order chi connectivity index (χ0) is 112. The quantitative estimate of drug-likeness (QED) is 0.0181. The fraction of sp³-hybridized carbons (Fsp3) is 0.651. The molecular formula is C109H160N10O31. The molecule has 10 amide bonds. The summed E-state index contributed by atoms with van der Waals surface area (Å²) in [6, 6.07) is 12.5. The van der Waals surface area contributed by atoms with Gasteiger partial charge < -0.3 is 112 Å². The van der Waals surface area contributed by atoms with Gasteiger partial charge in [0.05, 0.1) is 99.3 Å². The topological polar surface area (TPSA) is 483 Å². The summed E-state index contributed by atoms with van der Waals surface area (Å²) in [6.45, 7) is 28.2. The van der Waals surface area contributed by atoms with Crippen LogP contribution in [0.15, 0.2) is 83.3 Å². The van der Waals surface area contributed by atoms with Gasteiger partial charge in [-0.2, -0.15) is 0 Å². The number of carbonyl (C=O) groups excluding carboxylic acids is 16. The van der Waals surface area contributed by atoms with Crippen molar-refractivity contribution >= 4 is 106 Å². The summed E-state index contributed by atoms with van der Waals surface area (Å²) in [5, 5.41) is 11.5. The molecule has 4 aromatic rings. The number of carbonyl (C=O) groups is 16. The van der Waals surface area contributed by atoms with Gasteiger partial charge in [0.15, 0.2) is 18.8 Å². The summed E-state index contributed by atoms with van der Waals surface area (Å²) in [4.78, 5) is 235. The Labute approximate surface area is 880 Å². The monoisotopic (exact) mass is 2110 g/mol. The van der Waals surface area contributed by atoms with Crippen LogP contribution < -0.4 is 26.0 Å². The van der Waals surface area contributed by atoms with Gasteiger partial charge in [0.1, 0.15) is 72.2 Å². The van der Waals surface area contributed by atoms with Crippen LogP contribution >= 0.6 is 0 Å². The number of fused-ring (bicyclic) bond motifs is 1.